The van der Waals surface area contributed by atoms with Crippen molar-refractivity contribution in [3.05, 3.63) is 68.9 Å². The molecule has 0 aliphatic heterocycles. The number of rotatable bonds is 5. The summed E-state index contributed by atoms with van der Waals surface area (Å²) in [5, 5.41) is 5.29. The second-order valence-electron chi connectivity index (χ2n) is 6.85. The van der Waals surface area contributed by atoms with Crippen molar-refractivity contribution in [2.75, 3.05) is 7.05 Å². The van der Waals surface area contributed by atoms with Crippen LogP contribution in [0.15, 0.2) is 35.3 Å². The summed E-state index contributed by atoms with van der Waals surface area (Å²) in [6, 6.07) is 6.03. The van der Waals surface area contributed by atoms with E-state index < -0.39 is 17.3 Å². The van der Waals surface area contributed by atoms with Gasteiger partial charge in [0.15, 0.2) is 0 Å². The zero-order valence-electron chi connectivity index (χ0n) is 15.3. The van der Waals surface area contributed by atoms with E-state index in [1.54, 1.807) is 12.1 Å². The first kappa shape index (κ1) is 18.8. The van der Waals surface area contributed by atoms with Crippen molar-refractivity contribution in [2.45, 2.75) is 38.8 Å². The van der Waals surface area contributed by atoms with Gasteiger partial charge in [0.05, 0.1) is 12.1 Å². The fourth-order valence-electron chi connectivity index (χ4n) is 3.00. The fraction of sp³-hybridized carbons (Fsp3) is 0.350. The van der Waals surface area contributed by atoms with Crippen LogP contribution in [-0.2, 0) is 6.54 Å². The maximum atomic E-state index is 14.1. The van der Waals surface area contributed by atoms with Gasteiger partial charge in [0.1, 0.15) is 11.4 Å². The molecule has 3 rings (SSSR count). The largest absolute Gasteiger partial charge is 0.355 e. The van der Waals surface area contributed by atoms with E-state index in [0.717, 1.165) is 24.8 Å². The number of halogens is 1. The molecular weight excluding hydrogens is 349 g/mol. The van der Waals surface area contributed by atoms with E-state index in [4.69, 9.17) is 0 Å². The van der Waals surface area contributed by atoms with Crippen LogP contribution in [0.25, 0.3) is 0 Å². The Balaban J connectivity index is 2.01. The van der Waals surface area contributed by atoms with Crippen LogP contribution in [0.5, 0.6) is 0 Å². The number of benzene rings is 1. The zero-order valence-corrected chi connectivity index (χ0v) is 15.3. The lowest BCUT2D eigenvalue weighted by Crippen LogP contribution is -2.40. The minimum atomic E-state index is -0.586. The summed E-state index contributed by atoms with van der Waals surface area (Å²) in [5.74, 6) is -1.38. The zero-order chi connectivity index (χ0) is 19.6. The number of amides is 2. The Morgan fingerprint density at radius 3 is 2.59 bits per heavy atom. The van der Waals surface area contributed by atoms with Crippen molar-refractivity contribution in [1.82, 2.24) is 15.2 Å². The first-order chi connectivity index (χ1) is 12.9. The molecular formula is C20H22FN3O3. The molecule has 0 saturated heterocycles. The standard InChI is InChI=1S/C20H22FN3O3/c1-12-6-7-17(21)13(8-12)10-24-11-14(18(25)23-15-4-3-5-15)9-16(20(24)27)19(26)22-2/h6-9,11,15H,3-5,10H2,1-2H3,(H,22,26)(H,23,25). The van der Waals surface area contributed by atoms with Crippen molar-refractivity contribution < 1.29 is 14.0 Å². The molecule has 0 unspecified atom stereocenters. The van der Waals surface area contributed by atoms with E-state index in [2.05, 4.69) is 10.6 Å². The second kappa shape index (κ2) is 7.73. The Hall–Kier alpha value is -2.96. The molecule has 6 nitrogen and oxygen atoms in total. The smallest absolute Gasteiger partial charge is 0.263 e. The van der Waals surface area contributed by atoms with Gasteiger partial charge in [-0.2, -0.15) is 0 Å². The molecule has 1 saturated carbocycles. The van der Waals surface area contributed by atoms with Crippen molar-refractivity contribution >= 4 is 11.8 Å². The SMILES string of the molecule is CNC(=O)c1cc(C(=O)NC2CCC2)cn(Cc2cc(C)ccc2F)c1=O. The number of hydrogen-bond acceptors (Lipinski definition) is 3. The molecule has 2 amide bonds. The molecule has 1 heterocycles. The molecule has 0 spiro atoms. The van der Waals surface area contributed by atoms with Crippen molar-refractivity contribution in [2.24, 2.45) is 0 Å². The minimum absolute atomic E-state index is 0.0686. The predicted octanol–water partition coefficient (Wildman–Crippen LogP) is 1.99. The van der Waals surface area contributed by atoms with Crippen molar-refractivity contribution in [3.63, 3.8) is 0 Å². The fourth-order valence-corrected chi connectivity index (χ4v) is 3.00. The molecule has 1 aliphatic rings. The van der Waals surface area contributed by atoms with Gasteiger partial charge in [0.2, 0.25) is 0 Å². The van der Waals surface area contributed by atoms with Gasteiger partial charge >= 0.3 is 0 Å². The van der Waals surface area contributed by atoms with E-state index in [-0.39, 0.29) is 29.6 Å². The van der Waals surface area contributed by atoms with Crippen LogP contribution in [0.2, 0.25) is 0 Å². The van der Waals surface area contributed by atoms with Gasteiger partial charge in [-0.1, -0.05) is 17.7 Å². The van der Waals surface area contributed by atoms with Gasteiger partial charge in [-0.3, -0.25) is 14.4 Å². The number of hydrogen-bond donors (Lipinski definition) is 2. The van der Waals surface area contributed by atoms with Crippen LogP contribution < -0.4 is 16.2 Å². The average molecular weight is 371 g/mol. The Bertz CT molecular complexity index is 948. The van der Waals surface area contributed by atoms with Crippen LogP contribution in [0, 0.1) is 12.7 Å². The summed E-state index contributed by atoms with van der Waals surface area (Å²) in [5.41, 5.74) is 0.650. The van der Waals surface area contributed by atoms with E-state index in [9.17, 15) is 18.8 Å². The van der Waals surface area contributed by atoms with Gasteiger partial charge in [-0.05, 0) is 38.3 Å². The van der Waals surface area contributed by atoms with E-state index in [1.807, 2.05) is 6.92 Å². The number of aryl methyl sites for hydroxylation is 1. The highest BCUT2D eigenvalue weighted by atomic mass is 19.1. The average Bonchev–Trinajstić information content (AvgIpc) is 2.62. The molecule has 1 fully saturated rings. The number of carbonyl (C=O) groups excluding carboxylic acids is 2. The lowest BCUT2D eigenvalue weighted by molar-refractivity contribution is 0.0916. The highest BCUT2D eigenvalue weighted by molar-refractivity contribution is 5.99. The maximum absolute atomic E-state index is 14.1. The first-order valence-corrected chi connectivity index (χ1v) is 8.91. The van der Waals surface area contributed by atoms with Crippen LogP contribution >= 0.6 is 0 Å². The lowest BCUT2D eigenvalue weighted by atomic mass is 9.93. The predicted molar refractivity (Wildman–Crippen MR) is 99.4 cm³/mol. The third-order valence-electron chi connectivity index (χ3n) is 4.80. The molecule has 1 aromatic heterocycles. The summed E-state index contributed by atoms with van der Waals surface area (Å²) in [7, 11) is 1.41. The lowest BCUT2D eigenvalue weighted by Gasteiger charge is -2.26. The molecule has 27 heavy (non-hydrogen) atoms. The number of nitrogens with one attached hydrogen (secondary N) is 2. The number of pyridine rings is 1. The third kappa shape index (κ3) is 4.07. The Kier molecular flexibility index (Phi) is 5.39. The molecule has 0 bridgehead atoms. The number of aromatic nitrogens is 1. The van der Waals surface area contributed by atoms with Crippen LogP contribution in [-0.4, -0.2) is 29.5 Å². The Morgan fingerprint density at radius 1 is 1.22 bits per heavy atom. The molecule has 142 valence electrons. The Morgan fingerprint density at radius 2 is 1.96 bits per heavy atom. The molecule has 7 heteroatoms. The molecule has 1 aliphatic carbocycles. The summed E-state index contributed by atoms with van der Waals surface area (Å²) < 4.78 is 15.3. The first-order valence-electron chi connectivity index (χ1n) is 8.91. The summed E-state index contributed by atoms with van der Waals surface area (Å²) in [6.07, 6.45) is 4.29. The summed E-state index contributed by atoms with van der Waals surface area (Å²) >= 11 is 0. The van der Waals surface area contributed by atoms with Crippen LogP contribution in [0.3, 0.4) is 0 Å². The highest BCUT2D eigenvalue weighted by Crippen LogP contribution is 2.19. The van der Waals surface area contributed by atoms with E-state index >= 15 is 0 Å². The van der Waals surface area contributed by atoms with Crippen molar-refractivity contribution in [3.8, 4) is 0 Å². The van der Waals surface area contributed by atoms with E-state index in [1.165, 1.54) is 29.9 Å². The molecule has 0 atom stereocenters. The van der Waals surface area contributed by atoms with E-state index in [0.29, 0.717) is 5.56 Å². The van der Waals surface area contributed by atoms with Gasteiger partial charge in [0.25, 0.3) is 17.4 Å². The van der Waals surface area contributed by atoms with Gasteiger partial charge in [-0.15, -0.1) is 0 Å². The topological polar surface area (TPSA) is 80.2 Å². The molecule has 2 aromatic rings. The monoisotopic (exact) mass is 371 g/mol. The van der Waals surface area contributed by atoms with Gasteiger partial charge in [0, 0.05) is 24.8 Å². The van der Waals surface area contributed by atoms with Gasteiger partial charge < -0.3 is 15.2 Å². The summed E-state index contributed by atoms with van der Waals surface area (Å²) in [6.45, 7) is 1.76. The second-order valence-corrected chi connectivity index (χ2v) is 6.85. The minimum Gasteiger partial charge on any atom is -0.355 e. The van der Waals surface area contributed by atoms with Gasteiger partial charge in [-0.25, -0.2) is 4.39 Å². The van der Waals surface area contributed by atoms with Crippen LogP contribution in [0.1, 0.15) is 51.1 Å². The normalized spacial score (nSPS) is 13.7. The molecule has 0 radical (unpaired) electrons. The maximum Gasteiger partial charge on any atom is 0.263 e. The van der Waals surface area contributed by atoms with Crippen LogP contribution in [0.4, 0.5) is 4.39 Å². The number of nitrogens with zero attached hydrogens (tertiary/aromatic N) is 1. The number of carbonyl (C=O) groups is 2. The molecule has 2 N–H and O–H groups in total. The quantitative estimate of drug-likeness (QED) is 0.844. The third-order valence-corrected chi connectivity index (χ3v) is 4.80. The highest BCUT2D eigenvalue weighted by Gasteiger charge is 2.22. The molecule has 1 aromatic carbocycles. The Labute approximate surface area is 156 Å². The van der Waals surface area contributed by atoms with Crippen molar-refractivity contribution in [1.29, 1.82) is 0 Å². The summed E-state index contributed by atoms with van der Waals surface area (Å²) in [4.78, 5) is 37.3.